The molecule has 1 heterocycles. The van der Waals surface area contributed by atoms with Crippen molar-refractivity contribution in [1.82, 2.24) is 0 Å². The Morgan fingerprint density at radius 1 is 1.56 bits per heavy atom. The molecule has 5 nitrogen and oxygen atoms in total. The topological polar surface area (TPSA) is 64.4 Å². The van der Waals surface area contributed by atoms with Gasteiger partial charge in [-0.1, -0.05) is 6.07 Å². The summed E-state index contributed by atoms with van der Waals surface area (Å²) in [6.07, 6.45) is 2.33. The van der Waals surface area contributed by atoms with Gasteiger partial charge in [-0.05, 0) is 32.8 Å². The van der Waals surface area contributed by atoms with Gasteiger partial charge in [-0.2, -0.15) is 0 Å². The Morgan fingerprint density at radius 3 is 2.94 bits per heavy atom. The Kier molecular flexibility index (Phi) is 3.81. The highest BCUT2D eigenvalue weighted by atomic mass is 16.6. The number of anilines is 1. The zero-order valence-electron chi connectivity index (χ0n) is 10.7. The molecule has 1 fully saturated rings. The molecule has 1 aliphatic heterocycles. The van der Waals surface area contributed by atoms with Crippen LogP contribution in [0.5, 0.6) is 0 Å². The van der Waals surface area contributed by atoms with Crippen molar-refractivity contribution >= 4 is 11.4 Å². The van der Waals surface area contributed by atoms with E-state index in [2.05, 4.69) is 5.32 Å². The van der Waals surface area contributed by atoms with Gasteiger partial charge in [0.25, 0.3) is 5.69 Å². The summed E-state index contributed by atoms with van der Waals surface area (Å²) < 4.78 is 5.59. The monoisotopic (exact) mass is 250 g/mol. The zero-order chi connectivity index (χ0) is 13.1. The molecule has 0 spiro atoms. The highest BCUT2D eigenvalue weighted by molar-refractivity contribution is 5.55. The predicted octanol–water partition coefficient (Wildman–Crippen LogP) is 2.88. The Hall–Kier alpha value is -1.62. The van der Waals surface area contributed by atoms with Crippen molar-refractivity contribution in [1.29, 1.82) is 0 Å². The Labute approximate surface area is 106 Å². The van der Waals surface area contributed by atoms with Gasteiger partial charge < -0.3 is 10.1 Å². The van der Waals surface area contributed by atoms with Gasteiger partial charge >= 0.3 is 0 Å². The maximum atomic E-state index is 10.9. The molecule has 1 aromatic carbocycles. The third-order valence-electron chi connectivity index (χ3n) is 3.32. The Morgan fingerprint density at radius 2 is 2.33 bits per heavy atom. The van der Waals surface area contributed by atoms with Crippen LogP contribution < -0.4 is 5.32 Å². The van der Waals surface area contributed by atoms with E-state index in [-0.39, 0.29) is 22.8 Å². The van der Waals surface area contributed by atoms with E-state index in [0.29, 0.717) is 5.56 Å². The smallest absolute Gasteiger partial charge is 0.274 e. The van der Waals surface area contributed by atoms with Crippen LogP contribution in [0.25, 0.3) is 0 Å². The number of nitro groups is 1. The summed E-state index contributed by atoms with van der Waals surface area (Å²) in [6, 6.07) is 5.38. The van der Waals surface area contributed by atoms with Crippen molar-refractivity contribution in [3.05, 3.63) is 33.9 Å². The maximum Gasteiger partial charge on any atom is 0.274 e. The molecule has 2 atom stereocenters. The van der Waals surface area contributed by atoms with Crippen molar-refractivity contribution in [2.24, 2.45) is 0 Å². The van der Waals surface area contributed by atoms with Crippen LogP contribution in [0.15, 0.2) is 18.2 Å². The van der Waals surface area contributed by atoms with Gasteiger partial charge in [0.2, 0.25) is 0 Å². The van der Waals surface area contributed by atoms with Crippen LogP contribution in [0.2, 0.25) is 0 Å². The first-order chi connectivity index (χ1) is 8.58. The second kappa shape index (κ2) is 5.35. The number of benzene rings is 1. The van der Waals surface area contributed by atoms with E-state index >= 15 is 0 Å². The van der Waals surface area contributed by atoms with Crippen LogP contribution in [0, 0.1) is 17.0 Å². The molecule has 2 rings (SSSR count). The summed E-state index contributed by atoms with van der Waals surface area (Å²) in [5.74, 6) is 0. The molecule has 0 aliphatic carbocycles. The van der Waals surface area contributed by atoms with Crippen molar-refractivity contribution in [2.45, 2.75) is 38.8 Å². The average Bonchev–Trinajstić information content (AvgIpc) is 2.85. The Bertz CT molecular complexity index is 442. The number of ether oxygens (including phenoxy) is 1. The number of nitro benzene ring substituents is 1. The molecular weight excluding hydrogens is 232 g/mol. The third-order valence-corrected chi connectivity index (χ3v) is 3.32. The molecule has 0 saturated carbocycles. The molecule has 1 saturated heterocycles. The van der Waals surface area contributed by atoms with Crippen molar-refractivity contribution in [2.75, 3.05) is 11.9 Å². The normalized spacial score (nSPS) is 20.7. The highest BCUT2D eigenvalue weighted by Crippen LogP contribution is 2.24. The van der Waals surface area contributed by atoms with Gasteiger partial charge in [0.1, 0.15) is 0 Å². The first-order valence-corrected chi connectivity index (χ1v) is 6.21. The molecule has 1 aliphatic rings. The van der Waals surface area contributed by atoms with Gasteiger partial charge in [-0.25, -0.2) is 0 Å². The molecule has 0 bridgehead atoms. The fraction of sp³-hybridized carbons (Fsp3) is 0.538. The van der Waals surface area contributed by atoms with E-state index < -0.39 is 0 Å². The molecule has 1 aromatic rings. The molecule has 2 unspecified atom stereocenters. The quantitative estimate of drug-likeness (QED) is 0.659. The zero-order valence-corrected chi connectivity index (χ0v) is 10.7. The van der Waals surface area contributed by atoms with E-state index in [1.807, 2.05) is 13.0 Å². The van der Waals surface area contributed by atoms with Crippen molar-refractivity contribution in [3.8, 4) is 0 Å². The van der Waals surface area contributed by atoms with E-state index in [0.717, 1.165) is 25.1 Å². The molecule has 5 heteroatoms. The number of rotatable bonds is 4. The minimum atomic E-state index is -0.350. The minimum Gasteiger partial charge on any atom is -0.380 e. The first kappa shape index (κ1) is 12.8. The summed E-state index contributed by atoms with van der Waals surface area (Å²) in [5.41, 5.74) is 1.60. The minimum absolute atomic E-state index is 0.152. The largest absolute Gasteiger partial charge is 0.380 e. The number of nitrogens with zero attached hydrogens (tertiary/aromatic N) is 1. The molecule has 1 N–H and O–H groups in total. The second-order valence-electron chi connectivity index (χ2n) is 4.74. The molecule has 0 radical (unpaired) electrons. The molecular formula is C13H18N2O3. The van der Waals surface area contributed by atoms with Crippen molar-refractivity contribution in [3.63, 3.8) is 0 Å². The lowest BCUT2D eigenvalue weighted by Crippen LogP contribution is -2.29. The number of aryl methyl sites for hydroxylation is 1. The van der Waals surface area contributed by atoms with Crippen LogP contribution in [-0.4, -0.2) is 23.7 Å². The van der Waals surface area contributed by atoms with E-state index in [1.165, 1.54) is 0 Å². The molecule has 18 heavy (non-hydrogen) atoms. The Balaban J connectivity index is 2.09. The van der Waals surface area contributed by atoms with E-state index in [4.69, 9.17) is 4.74 Å². The standard InChI is InChI=1S/C13H18N2O3/c1-9-5-6-11(8-12(9)15(16)17)14-10(2)13-4-3-7-18-13/h5-6,8,10,13-14H,3-4,7H2,1-2H3. The number of hydrogen-bond donors (Lipinski definition) is 1. The van der Waals surface area contributed by atoms with Gasteiger partial charge in [0.05, 0.1) is 11.0 Å². The van der Waals surface area contributed by atoms with Gasteiger partial charge in [-0.3, -0.25) is 10.1 Å². The summed E-state index contributed by atoms with van der Waals surface area (Å²) in [5, 5.41) is 14.1. The van der Waals surface area contributed by atoms with E-state index in [1.54, 1.807) is 19.1 Å². The molecule has 0 aromatic heterocycles. The SMILES string of the molecule is Cc1ccc(NC(C)C2CCCO2)cc1[N+](=O)[O-]. The summed E-state index contributed by atoms with van der Waals surface area (Å²) >= 11 is 0. The van der Waals surface area contributed by atoms with Crippen molar-refractivity contribution < 1.29 is 9.66 Å². The molecule has 98 valence electrons. The lowest BCUT2D eigenvalue weighted by Gasteiger charge is -2.21. The number of hydrogen-bond acceptors (Lipinski definition) is 4. The van der Waals surface area contributed by atoms with Crippen LogP contribution in [-0.2, 0) is 4.74 Å². The summed E-state index contributed by atoms with van der Waals surface area (Å²) in [4.78, 5) is 10.5. The van der Waals surface area contributed by atoms with Crippen LogP contribution in [0.4, 0.5) is 11.4 Å². The van der Waals surface area contributed by atoms with Gasteiger partial charge in [-0.15, -0.1) is 0 Å². The average molecular weight is 250 g/mol. The fourth-order valence-electron chi connectivity index (χ4n) is 2.25. The van der Waals surface area contributed by atoms with Gasteiger partial charge in [0, 0.05) is 30.0 Å². The van der Waals surface area contributed by atoms with Gasteiger partial charge in [0.15, 0.2) is 0 Å². The summed E-state index contributed by atoms with van der Waals surface area (Å²) in [7, 11) is 0. The third kappa shape index (κ3) is 2.79. The van der Waals surface area contributed by atoms with Crippen LogP contribution >= 0.6 is 0 Å². The highest BCUT2D eigenvalue weighted by Gasteiger charge is 2.22. The van der Waals surface area contributed by atoms with Crippen LogP contribution in [0.1, 0.15) is 25.3 Å². The van der Waals surface area contributed by atoms with E-state index in [9.17, 15) is 10.1 Å². The lowest BCUT2D eigenvalue weighted by atomic mass is 10.1. The lowest BCUT2D eigenvalue weighted by molar-refractivity contribution is -0.385. The fourth-order valence-corrected chi connectivity index (χ4v) is 2.25. The second-order valence-corrected chi connectivity index (χ2v) is 4.74. The maximum absolute atomic E-state index is 10.9. The number of nitrogens with one attached hydrogen (secondary N) is 1. The van der Waals surface area contributed by atoms with Crippen LogP contribution in [0.3, 0.4) is 0 Å². The summed E-state index contributed by atoms with van der Waals surface area (Å²) in [6.45, 7) is 4.60. The predicted molar refractivity (Wildman–Crippen MR) is 69.9 cm³/mol. The molecule has 0 amide bonds. The first-order valence-electron chi connectivity index (χ1n) is 6.21.